The van der Waals surface area contributed by atoms with Crippen molar-refractivity contribution in [3.63, 3.8) is 0 Å². The van der Waals surface area contributed by atoms with Crippen LogP contribution in [0.2, 0.25) is 0 Å². The van der Waals surface area contributed by atoms with Gasteiger partial charge in [0.05, 0.1) is 16.3 Å². The molecule has 1 amide bonds. The monoisotopic (exact) mass is 438 g/mol. The summed E-state index contributed by atoms with van der Waals surface area (Å²) in [7, 11) is 0. The van der Waals surface area contributed by atoms with E-state index in [1.54, 1.807) is 40.1 Å². The number of fused-ring (bicyclic) bond motifs is 1. The second-order valence-corrected chi connectivity index (χ2v) is 9.08. The summed E-state index contributed by atoms with van der Waals surface area (Å²) >= 11 is 3.15. The van der Waals surface area contributed by atoms with E-state index in [-0.39, 0.29) is 12.5 Å². The van der Waals surface area contributed by atoms with Gasteiger partial charge >= 0.3 is 5.97 Å². The second-order valence-electron chi connectivity index (χ2n) is 7.00. The van der Waals surface area contributed by atoms with Crippen LogP contribution in [0.15, 0.2) is 58.8 Å². The van der Waals surface area contributed by atoms with Gasteiger partial charge in [-0.05, 0) is 43.5 Å². The molecule has 0 N–H and O–H groups in total. The number of aromatic nitrogens is 1. The number of carbonyl (C=O) groups is 2. The number of thiazole rings is 1. The minimum absolute atomic E-state index is 0.196. The highest BCUT2D eigenvalue weighted by molar-refractivity contribution is 7.98. The lowest BCUT2D eigenvalue weighted by atomic mass is 10.0. The summed E-state index contributed by atoms with van der Waals surface area (Å²) in [4.78, 5) is 32.4. The molecular weight excluding hydrogens is 416 g/mol. The van der Waals surface area contributed by atoms with Crippen LogP contribution in [0.25, 0.3) is 0 Å². The molecule has 7 heteroatoms. The van der Waals surface area contributed by atoms with Gasteiger partial charge in [0.1, 0.15) is 0 Å². The molecule has 0 saturated heterocycles. The molecule has 0 spiro atoms. The summed E-state index contributed by atoms with van der Waals surface area (Å²) in [5.74, 6) is 0.00257. The average Bonchev–Trinajstić information content (AvgIpc) is 3.20. The Hall–Kier alpha value is -2.64. The Kier molecular flexibility index (Phi) is 6.50. The number of amides is 1. The molecule has 0 unspecified atom stereocenters. The Bertz CT molecular complexity index is 1060. The maximum absolute atomic E-state index is 12.7. The number of benzene rings is 2. The number of thioether (sulfide) groups is 1. The summed E-state index contributed by atoms with van der Waals surface area (Å²) in [5.41, 5.74) is 3.53. The molecule has 1 aliphatic heterocycles. The molecule has 30 heavy (non-hydrogen) atoms. The molecule has 0 fully saturated rings. The van der Waals surface area contributed by atoms with Crippen LogP contribution >= 0.6 is 23.1 Å². The number of rotatable bonds is 6. The number of hydrogen-bond acceptors (Lipinski definition) is 6. The van der Waals surface area contributed by atoms with E-state index in [1.165, 1.54) is 0 Å². The maximum Gasteiger partial charge on any atom is 0.339 e. The van der Waals surface area contributed by atoms with Gasteiger partial charge in [0.25, 0.3) is 5.91 Å². The molecular formula is C23H22N2O3S2. The summed E-state index contributed by atoms with van der Waals surface area (Å²) in [5, 5.41) is 3.05. The van der Waals surface area contributed by atoms with Crippen molar-refractivity contribution in [3.05, 3.63) is 75.7 Å². The van der Waals surface area contributed by atoms with Gasteiger partial charge in [-0.15, -0.1) is 23.1 Å². The van der Waals surface area contributed by atoms with Gasteiger partial charge in [-0.2, -0.15) is 0 Å². The van der Waals surface area contributed by atoms with Gasteiger partial charge < -0.3 is 9.64 Å². The minimum Gasteiger partial charge on any atom is -0.452 e. The van der Waals surface area contributed by atoms with Crippen molar-refractivity contribution in [2.45, 2.75) is 30.4 Å². The number of hydrogen-bond donors (Lipinski definition) is 0. The predicted octanol–water partition coefficient (Wildman–Crippen LogP) is 4.88. The standard InChI is InChI=1S/C23H22N2O3S2/c1-16-24-18(14-29-16)15-30-21-11-5-3-9-19(21)23(27)28-13-22(26)25-12-6-8-17-7-2-4-10-20(17)25/h2-5,7,9-11,14H,6,8,12-13,15H2,1H3. The van der Waals surface area contributed by atoms with Crippen molar-refractivity contribution >= 4 is 40.7 Å². The van der Waals surface area contributed by atoms with Crippen LogP contribution in [0, 0.1) is 6.92 Å². The first kappa shape index (κ1) is 20.6. The molecule has 4 rings (SSSR count). The highest BCUT2D eigenvalue weighted by Gasteiger charge is 2.23. The molecule has 1 aliphatic rings. The fourth-order valence-corrected chi connectivity index (χ4v) is 5.11. The van der Waals surface area contributed by atoms with Gasteiger partial charge in [-0.1, -0.05) is 30.3 Å². The normalized spacial score (nSPS) is 13.0. The lowest BCUT2D eigenvalue weighted by molar-refractivity contribution is -0.121. The largest absolute Gasteiger partial charge is 0.452 e. The van der Waals surface area contributed by atoms with Gasteiger partial charge in [0.15, 0.2) is 6.61 Å². The smallest absolute Gasteiger partial charge is 0.339 e. The molecule has 2 aromatic carbocycles. The Labute approximate surface area is 184 Å². The Morgan fingerprint density at radius 3 is 2.80 bits per heavy atom. The van der Waals surface area contributed by atoms with Gasteiger partial charge in [0.2, 0.25) is 0 Å². The van der Waals surface area contributed by atoms with Crippen molar-refractivity contribution in [1.82, 2.24) is 4.98 Å². The third-order valence-corrected chi connectivity index (χ3v) is 6.82. The number of para-hydroxylation sites is 1. The van der Waals surface area contributed by atoms with Crippen molar-refractivity contribution < 1.29 is 14.3 Å². The van der Waals surface area contributed by atoms with Crippen LogP contribution in [0.1, 0.15) is 33.0 Å². The van der Waals surface area contributed by atoms with Crippen molar-refractivity contribution in [2.24, 2.45) is 0 Å². The van der Waals surface area contributed by atoms with Crippen LogP contribution in [0.4, 0.5) is 5.69 Å². The SMILES string of the molecule is Cc1nc(CSc2ccccc2C(=O)OCC(=O)N2CCCc3ccccc32)cs1. The zero-order chi connectivity index (χ0) is 20.9. The number of ether oxygens (including phenoxy) is 1. The molecule has 1 aromatic heterocycles. The van der Waals surface area contributed by atoms with E-state index in [2.05, 4.69) is 4.98 Å². The van der Waals surface area contributed by atoms with Gasteiger partial charge in [-0.3, -0.25) is 4.79 Å². The first-order valence-corrected chi connectivity index (χ1v) is 11.7. The molecule has 5 nitrogen and oxygen atoms in total. The third kappa shape index (κ3) is 4.74. The molecule has 154 valence electrons. The maximum atomic E-state index is 12.7. The van der Waals surface area contributed by atoms with Crippen molar-refractivity contribution in [3.8, 4) is 0 Å². The Balaban J connectivity index is 1.39. The summed E-state index contributed by atoms with van der Waals surface area (Å²) in [6.07, 6.45) is 1.87. The summed E-state index contributed by atoms with van der Waals surface area (Å²) < 4.78 is 5.40. The van der Waals surface area contributed by atoms with E-state index in [0.717, 1.165) is 39.7 Å². The summed E-state index contributed by atoms with van der Waals surface area (Å²) in [6, 6.07) is 15.2. The molecule has 0 bridgehead atoms. The zero-order valence-corrected chi connectivity index (χ0v) is 18.3. The number of esters is 1. The van der Waals surface area contributed by atoms with Crippen molar-refractivity contribution in [2.75, 3.05) is 18.1 Å². The second kappa shape index (κ2) is 9.45. The molecule has 3 aromatic rings. The van der Waals surface area contributed by atoms with E-state index in [1.807, 2.05) is 48.7 Å². The topological polar surface area (TPSA) is 59.5 Å². The first-order valence-electron chi connectivity index (χ1n) is 9.80. The number of nitrogens with zero attached hydrogens (tertiary/aromatic N) is 2. The lowest BCUT2D eigenvalue weighted by Gasteiger charge is -2.29. The fraction of sp³-hybridized carbons (Fsp3) is 0.261. The molecule has 0 atom stereocenters. The van der Waals surface area contributed by atoms with E-state index in [0.29, 0.717) is 17.9 Å². The minimum atomic E-state index is -0.480. The van der Waals surface area contributed by atoms with E-state index < -0.39 is 5.97 Å². The van der Waals surface area contributed by atoms with E-state index in [9.17, 15) is 9.59 Å². The lowest BCUT2D eigenvalue weighted by Crippen LogP contribution is -2.38. The van der Waals surface area contributed by atoms with Crippen LogP contribution in [-0.2, 0) is 21.7 Å². The third-order valence-electron chi connectivity index (χ3n) is 4.89. The van der Waals surface area contributed by atoms with Gasteiger partial charge in [0, 0.05) is 28.3 Å². The van der Waals surface area contributed by atoms with Crippen molar-refractivity contribution in [1.29, 1.82) is 0 Å². The zero-order valence-electron chi connectivity index (χ0n) is 16.7. The molecule has 0 radical (unpaired) electrons. The predicted molar refractivity (Wildman–Crippen MR) is 120 cm³/mol. The average molecular weight is 439 g/mol. The van der Waals surface area contributed by atoms with Gasteiger partial charge in [-0.25, -0.2) is 9.78 Å². The summed E-state index contributed by atoms with van der Waals surface area (Å²) in [6.45, 7) is 2.35. The highest BCUT2D eigenvalue weighted by atomic mass is 32.2. The number of anilines is 1. The van der Waals surface area contributed by atoms with Crippen LogP contribution < -0.4 is 4.90 Å². The first-order chi connectivity index (χ1) is 14.6. The number of carbonyl (C=O) groups excluding carboxylic acids is 2. The quantitative estimate of drug-likeness (QED) is 0.405. The molecule has 2 heterocycles. The van der Waals surface area contributed by atoms with Crippen LogP contribution in [0.3, 0.4) is 0 Å². The Morgan fingerprint density at radius 2 is 1.97 bits per heavy atom. The fourth-order valence-electron chi connectivity index (χ4n) is 3.46. The van der Waals surface area contributed by atoms with E-state index in [4.69, 9.17) is 4.74 Å². The van der Waals surface area contributed by atoms with Crippen LogP contribution in [0.5, 0.6) is 0 Å². The van der Waals surface area contributed by atoms with Crippen LogP contribution in [-0.4, -0.2) is 30.0 Å². The Morgan fingerprint density at radius 1 is 1.17 bits per heavy atom. The van der Waals surface area contributed by atoms with E-state index >= 15 is 0 Å². The molecule has 0 saturated carbocycles. The molecule has 0 aliphatic carbocycles. The number of aryl methyl sites for hydroxylation is 2. The highest BCUT2D eigenvalue weighted by Crippen LogP contribution is 2.28.